The van der Waals surface area contributed by atoms with Crippen LogP contribution in [0.25, 0.3) is 0 Å². The normalized spacial score (nSPS) is 10.2. The molecule has 1 aromatic rings. The van der Waals surface area contributed by atoms with Crippen molar-refractivity contribution in [2.75, 3.05) is 19.7 Å². The van der Waals surface area contributed by atoms with Gasteiger partial charge in [0.15, 0.2) is 5.75 Å². The van der Waals surface area contributed by atoms with Gasteiger partial charge in [-0.25, -0.2) is 0 Å². The van der Waals surface area contributed by atoms with Gasteiger partial charge in [0.05, 0.1) is 11.5 Å². The van der Waals surface area contributed by atoms with Crippen LogP contribution in [0.15, 0.2) is 18.2 Å². The fourth-order valence-electron chi connectivity index (χ4n) is 1.31. The Balaban J connectivity index is 2.55. The first kappa shape index (κ1) is 13.7. The number of halogens is 1. The van der Waals surface area contributed by atoms with Gasteiger partial charge in [0.2, 0.25) is 0 Å². The summed E-state index contributed by atoms with van der Waals surface area (Å²) >= 11 is 5.69. The summed E-state index contributed by atoms with van der Waals surface area (Å²) in [5.74, 6) is 0.260. The van der Waals surface area contributed by atoms with Crippen molar-refractivity contribution >= 4 is 17.3 Å². The Morgan fingerprint density at radius 3 is 2.94 bits per heavy atom. The van der Waals surface area contributed by atoms with Crippen molar-refractivity contribution in [1.29, 1.82) is 0 Å². The first-order chi connectivity index (χ1) is 8.15. The molecular formula is C11H15ClN2O3. The number of ether oxygens (including phenoxy) is 1. The van der Waals surface area contributed by atoms with Crippen molar-refractivity contribution < 1.29 is 9.66 Å². The highest BCUT2D eigenvalue weighted by molar-refractivity contribution is 6.30. The van der Waals surface area contributed by atoms with Gasteiger partial charge >= 0.3 is 5.69 Å². The molecule has 5 nitrogen and oxygen atoms in total. The van der Waals surface area contributed by atoms with Crippen molar-refractivity contribution in [1.82, 2.24) is 5.32 Å². The Morgan fingerprint density at radius 1 is 1.53 bits per heavy atom. The van der Waals surface area contributed by atoms with E-state index in [-0.39, 0.29) is 11.4 Å². The molecule has 0 unspecified atom stereocenters. The number of nitrogens with zero attached hydrogens (tertiary/aromatic N) is 1. The van der Waals surface area contributed by atoms with Gasteiger partial charge in [-0.2, -0.15) is 0 Å². The third-order valence-corrected chi connectivity index (χ3v) is 2.36. The molecule has 0 aliphatic rings. The Bertz CT molecular complexity index is 385. The van der Waals surface area contributed by atoms with E-state index >= 15 is 0 Å². The summed E-state index contributed by atoms with van der Waals surface area (Å²) in [7, 11) is 0. The van der Waals surface area contributed by atoms with E-state index in [1.807, 2.05) is 6.92 Å². The zero-order chi connectivity index (χ0) is 12.7. The molecule has 0 amide bonds. The highest BCUT2D eigenvalue weighted by Gasteiger charge is 2.15. The molecule has 0 bridgehead atoms. The minimum atomic E-state index is -0.495. The third kappa shape index (κ3) is 4.58. The van der Waals surface area contributed by atoms with Crippen LogP contribution in [0, 0.1) is 10.1 Å². The monoisotopic (exact) mass is 258 g/mol. The van der Waals surface area contributed by atoms with Crippen LogP contribution in [0.3, 0.4) is 0 Å². The van der Waals surface area contributed by atoms with Gasteiger partial charge in [0.25, 0.3) is 0 Å². The van der Waals surface area contributed by atoms with E-state index < -0.39 is 4.92 Å². The summed E-state index contributed by atoms with van der Waals surface area (Å²) in [5.41, 5.74) is -0.0963. The van der Waals surface area contributed by atoms with E-state index in [1.165, 1.54) is 12.1 Å². The molecule has 0 atom stereocenters. The van der Waals surface area contributed by atoms with Crippen molar-refractivity contribution in [3.63, 3.8) is 0 Å². The molecule has 17 heavy (non-hydrogen) atoms. The minimum Gasteiger partial charge on any atom is -0.487 e. The Kier molecular flexibility index (Phi) is 5.72. The molecule has 1 aromatic carbocycles. The lowest BCUT2D eigenvalue weighted by atomic mass is 10.3. The van der Waals surface area contributed by atoms with E-state index in [0.29, 0.717) is 11.6 Å². The summed E-state index contributed by atoms with van der Waals surface area (Å²) < 4.78 is 5.36. The second-order valence-corrected chi connectivity index (χ2v) is 3.86. The van der Waals surface area contributed by atoms with E-state index in [1.54, 1.807) is 6.07 Å². The van der Waals surface area contributed by atoms with Gasteiger partial charge in [-0.05, 0) is 31.6 Å². The van der Waals surface area contributed by atoms with Crippen molar-refractivity contribution in [3.05, 3.63) is 33.3 Å². The average molecular weight is 259 g/mol. The summed E-state index contributed by atoms with van der Waals surface area (Å²) in [6.45, 7) is 4.19. The molecule has 0 aliphatic carbocycles. The summed E-state index contributed by atoms with van der Waals surface area (Å²) in [6.07, 6.45) is 0.799. The summed E-state index contributed by atoms with van der Waals surface area (Å²) in [4.78, 5) is 10.3. The van der Waals surface area contributed by atoms with Crippen molar-refractivity contribution in [3.8, 4) is 5.75 Å². The molecule has 6 heteroatoms. The Morgan fingerprint density at radius 2 is 2.29 bits per heavy atom. The van der Waals surface area contributed by atoms with Crippen LogP contribution in [0.1, 0.15) is 13.3 Å². The Labute approximate surface area is 105 Å². The van der Waals surface area contributed by atoms with E-state index in [9.17, 15) is 10.1 Å². The molecule has 0 heterocycles. The number of rotatable bonds is 7. The molecule has 94 valence electrons. The number of hydrogen-bond acceptors (Lipinski definition) is 4. The smallest absolute Gasteiger partial charge is 0.312 e. The highest BCUT2D eigenvalue weighted by atomic mass is 35.5. The first-order valence-corrected chi connectivity index (χ1v) is 5.80. The number of nitro groups is 1. The third-order valence-electron chi connectivity index (χ3n) is 2.12. The van der Waals surface area contributed by atoms with Crippen LogP contribution in [-0.2, 0) is 0 Å². The topological polar surface area (TPSA) is 64.4 Å². The molecule has 0 saturated heterocycles. The maximum atomic E-state index is 10.8. The molecule has 0 saturated carbocycles. The van der Waals surface area contributed by atoms with Crippen LogP contribution in [0.2, 0.25) is 5.02 Å². The lowest BCUT2D eigenvalue weighted by molar-refractivity contribution is -0.385. The van der Waals surface area contributed by atoms with Crippen LogP contribution in [0.5, 0.6) is 5.75 Å². The molecule has 0 fully saturated rings. The zero-order valence-electron chi connectivity index (χ0n) is 9.61. The van der Waals surface area contributed by atoms with Gasteiger partial charge in [0, 0.05) is 11.1 Å². The standard InChI is InChI=1S/C11H15ClN2O3/c1-2-13-6-3-7-17-11-5-4-9(12)8-10(11)14(15)16/h4-5,8,13H,2-3,6-7H2,1H3. The van der Waals surface area contributed by atoms with Crippen molar-refractivity contribution in [2.24, 2.45) is 0 Å². The number of nitrogens with one attached hydrogen (secondary N) is 1. The van der Waals surface area contributed by atoms with Gasteiger partial charge in [-0.3, -0.25) is 10.1 Å². The molecule has 1 rings (SSSR count). The lowest BCUT2D eigenvalue weighted by Gasteiger charge is -2.07. The van der Waals surface area contributed by atoms with Crippen molar-refractivity contribution in [2.45, 2.75) is 13.3 Å². The quantitative estimate of drug-likeness (QED) is 0.464. The second kappa shape index (κ2) is 7.09. The molecular weight excluding hydrogens is 244 g/mol. The summed E-state index contributed by atoms with van der Waals surface area (Å²) in [5, 5.41) is 14.2. The molecule has 0 radical (unpaired) electrons. The molecule has 0 aromatic heterocycles. The van der Waals surface area contributed by atoms with Gasteiger partial charge in [0.1, 0.15) is 0 Å². The van der Waals surface area contributed by atoms with Crippen LogP contribution in [-0.4, -0.2) is 24.6 Å². The maximum absolute atomic E-state index is 10.8. The van der Waals surface area contributed by atoms with Crippen LogP contribution >= 0.6 is 11.6 Å². The average Bonchev–Trinajstić information content (AvgIpc) is 2.30. The number of hydrogen-bond donors (Lipinski definition) is 1. The zero-order valence-corrected chi connectivity index (χ0v) is 10.4. The fourth-order valence-corrected chi connectivity index (χ4v) is 1.48. The molecule has 1 N–H and O–H groups in total. The SMILES string of the molecule is CCNCCCOc1ccc(Cl)cc1[N+](=O)[O-]. The van der Waals surface area contributed by atoms with Crippen LogP contribution < -0.4 is 10.1 Å². The van der Waals surface area contributed by atoms with E-state index in [0.717, 1.165) is 19.5 Å². The maximum Gasteiger partial charge on any atom is 0.312 e. The fraction of sp³-hybridized carbons (Fsp3) is 0.455. The van der Waals surface area contributed by atoms with Gasteiger partial charge in [-0.1, -0.05) is 18.5 Å². The predicted octanol–water partition coefficient (Wildman–Crippen LogP) is 2.63. The molecule has 0 spiro atoms. The Hall–Kier alpha value is -1.33. The second-order valence-electron chi connectivity index (χ2n) is 3.42. The first-order valence-electron chi connectivity index (χ1n) is 5.42. The lowest BCUT2D eigenvalue weighted by Crippen LogP contribution is -2.16. The summed E-state index contributed by atoms with van der Waals surface area (Å²) in [6, 6.07) is 4.39. The number of nitro benzene ring substituents is 1. The highest BCUT2D eigenvalue weighted by Crippen LogP contribution is 2.29. The van der Waals surface area contributed by atoms with E-state index in [4.69, 9.17) is 16.3 Å². The largest absolute Gasteiger partial charge is 0.487 e. The van der Waals surface area contributed by atoms with Gasteiger partial charge in [-0.15, -0.1) is 0 Å². The number of benzene rings is 1. The van der Waals surface area contributed by atoms with Crippen LogP contribution in [0.4, 0.5) is 5.69 Å². The minimum absolute atomic E-state index is 0.0963. The molecule has 0 aliphatic heterocycles. The predicted molar refractivity (Wildman–Crippen MR) is 66.8 cm³/mol. The van der Waals surface area contributed by atoms with E-state index in [2.05, 4.69) is 5.32 Å². The van der Waals surface area contributed by atoms with Gasteiger partial charge < -0.3 is 10.1 Å².